The van der Waals surface area contributed by atoms with Gasteiger partial charge < -0.3 is 15.2 Å². The molecule has 0 unspecified atom stereocenters. The predicted octanol–water partition coefficient (Wildman–Crippen LogP) is 4.17. The molecule has 0 saturated heterocycles. The van der Waals surface area contributed by atoms with E-state index in [1.165, 1.54) is 12.1 Å². The Morgan fingerprint density at radius 3 is 2.19 bits per heavy atom. The average molecular weight is 381 g/mol. The van der Waals surface area contributed by atoms with Crippen LogP contribution in [0.2, 0.25) is 0 Å². The number of benzene rings is 2. The molecule has 0 aromatic heterocycles. The first-order valence-electron chi connectivity index (χ1n) is 8.06. The van der Waals surface area contributed by atoms with Crippen molar-refractivity contribution >= 4 is 17.6 Å². The number of nitrogens with one attached hydrogen (secondary N) is 1. The van der Waals surface area contributed by atoms with Crippen molar-refractivity contribution in [1.82, 2.24) is 0 Å². The smallest absolute Gasteiger partial charge is 0.481 e. The Bertz CT molecular complexity index is 786. The van der Waals surface area contributed by atoms with E-state index in [2.05, 4.69) is 10.1 Å². The van der Waals surface area contributed by atoms with Gasteiger partial charge in [0, 0.05) is 12.1 Å². The lowest BCUT2D eigenvalue weighted by Crippen LogP contribution is -2.24. The van der Waals surface area contributed by atoms with Crippen molar-refractivity contribution in [3.05, 3.63) is 59.7 Å². The Morgan fingerprint density at radius 1 is 1.07 bits per heavy atom. The third-order valence-electron chi connectivity index (χ3n) is 3.76. The highest BCUT2D eigenvalue weighted by Crippen LogP contribution is 2.24. The number of rotatable bonds is 7. The first-order valence-corrected chi connectivity index (χ1v) is 8.06. The van der Waals surface area contributed by atoms with Crippen LogP contribution in [-0.4, -0.2) is 23.3 Å². The van der Waals surface area contributed by atoms with Crippen molar-refractivity contribution in [2.45, 2.75) is 26.1 Å². The molecular formula is C19H18F3NO4. The fourth-order valence-corrected chi connectivity index (χ4v) is 2.43. The van der Waals surface area contributed by atoms with E-state index in [1.54, 1.807) is 0 Å². The second kappa shape index (κ2) is 8.57. The van der Waals surface area contributed by atoms with E-state index in [0.29, 0.717) is 0 Å². The minimum absolute atomic E-state index is 0.196. The van der Waals surface area contributed by atoms with Crippen LogP contribution in [0.1, 0.15) is 17.5 Å². The molecule has 0 aliphatic carbocycles. The van der Waals surface area contributed by atoms with Gasteiger partial charge in [-0.15, -0.1) is 13.2 Å². The van der Waals surface area contributed by atoms with Gasteiger partial charge >= 0.3 is 12.3 Å². The Balaban J connectivity index is 1.95. The molecule has 2 N–H and O–H groups in total. The number of hydrogen-bond donors (Lipinski definition) is 2. The molecule has 27 heavy (non-hydrogen) atoms. The Labute approximate surface area is 153 Å². The molecule has 0 radical (unpaired) electrons. The van der Waals surface area contributed by atoms with Gasteiger partial charge in [-0.25, -0.2) is 0 Å². The molecule has 0 bridgehead atoms. The Morgan fingerprint density at radius 2 is 1.67 bits per heavy atom. The molecule has 0 aliphatic rings. The molecule has 2 aromatic rings. The number of carboxylic acids is 1. The van der Waals surface area contributed by atoms with Gasteiger partial charge in [-0.2, -0.15) is 0 Å². The minimum atomic E-state index is -4.80. The Kier molecular flexibility index (Phi) is 6.44. The van der Waals surface area contributed by atoms with Crippen LogP contribution in [0.15, 0.2) is 48.5 Å². The van der Waals surface area contributed by atoms with Crippen molar-refractivity contribution in [3.63, 3.8) is 0 Å². The van der Waals surface area contributed by atoms with E-state index in [0.717, 1.165) is 23.3 Å². The lowest BCUT2D eigenvalue weighted by Gasteiger charge is -2.13. The number of ether oxygens (including phenoxy) is 1. The molecule has 1 atom stereocenters. The molecule has 5 nitrogen and oxygen atoms in total. The number of carboxylic acid groups (broad SMARTS) is 1. The van der Waals surface area contributed by atoms with Gasteiger partial charge in [0.1, 0.15) is 5.75 Å². The fourth-order valence-electron chi connectivity index (χ4n) is 2.43. The largest absolute Gasteiger partial charge is 0.573 e. The highest BCUT2D eigenvalue weighted by Gasteiger charge is 2.31. The first kappa shape index (κ1) is 20.3. The van der Waals surface area contributed by atoms with E-state index >= 15 is 0 Å². The molecular weight excluding hydrogens is 363 g/mol. The first-order chi connectivity index (χ1) is 12.6. The van der Waals surface area contributed by atoms with E-state index in [4.69, 9.17) is 0 Å². The summed E-state index contributed by atoms with van der Waals surface area (Å²) in [6.07, 6.45) is -4.86. The summed E-state index contributed by atoms with van der Waals surface area (Å²) in [5, 5.41) is 11.8. The maximum atomic E-state index is 12.1. The normalized spacial score (nSPS) is 12.3. The lowest BCUT2D eigenvalue weighted by molar-refractivity contribution is -0.274. The van der Waals surface area contributed by atoms with Crippen LogP contribution in [0.4, 0.5) is 18.9 Å². The highest BCUT2D eigenvalue weighted by atomic mass is 19.4. The monoisotopic (exact) mass is 381 g/mol. The van der Waals surface area contributed by atoms with Crippen LogP contribution in [0.3, 0.4) is 0 Å². The molecule has 1 amide bonds. The molecule has 2 aromatic carbocycles. The quantitative estimate of drug-likeness (QED) is 0.755. The van der Waals surface area contributed by atoms with Crippen molar-refractivity contribution in [2.75, 3.05) is 5.32 Å². The number of halogens is 3. The molecule has 0 spiro atoms. The van der Waals surface area contributed by atoms with Crippen LogP contribution in [0.25, 0.3) is 0 Å². The summed E-state index contributed by atoms with van der Waals surface area (Å²) in [6, 6.07) is 11.9. The zero-order chi connectivity index (χ0) is 20.0. The molecule has 0 saturated carbocycles. The molecule has 0 fully saturated rings. The van der Waals surface area contributed by atoms with E-state index in [9.17, 15) is 27.9 Å². The van der Waals surface area contributed by atoms with Gasteiger partial charge in [-0.3, -0.25) is 9.59 Å². The average Bonchev–Trinajstić information content (AvgIpc) is 2.56. The molecule has 8 heteroatoms. The third kappa shape index (κ3) is 7.01. The topological polar surface area (TPSA) is 75.6 Å². The molecule has 0 aliphatic heterocycles. The van der Waals surface area contributed by atoms with E-state index in [1.807, 2.05) is 31.2 Å². The van der Waals surface area contributed by atoms with Crippen LogP contribution in [0, 0.1) is 12.8 Å². The summed E-state index contributed by atoms with van der Waals surface area (Å²) < 4.78 is 40.1. The van der Waals surface area contributed by atoms with E-state index in [-0.39, 0.29) is 18.5 Å². The third-order valence-corrected chi connectivity index (χ3v) is 3.76. The van der Waals surface area contributed by atoms with Crippen LogP contribution in [0.5, 0.6) is 5.75 Å². The van der Waals surface area contributed by atoms with Crippen molar-refractivity contribution < 1.29 is 32.6 Å². The zero-order valence-corrected chi connectivity index (χ0v) is 14.4. The second-order valence-electron chi connectivity index (χ2n) is 6.05. The summed E-state index contributed by atoms with van der Waals surface area (Å²) in [4.78, 5) is 23.5. The number of carbonyl (C=O) groups excluding carboxylic acids is 1. The molecule has 2 rings (SSSR count). The summed E-state index contributed by atoms with van der Waals surface area (Å²) >= 11 is 0. The number of aliphatic carboxylic acids is 1. The number of anilines is 1. The number of alkyl halides is 3. The van der Waals surface area contributed by atoms with Crippen molar-refractivity contribution in [3.8, 4) is 5.75 Å². The fraction of sp³-hybridized carbons (Fsp3) is 0.263. The van der Waals surface area contributed by atoms with Gasteiger partial charge in [0.05, 0.1) is 5.92 Å². The lowest BCUT2D eigenvalue weighted by atomic mass is 9.95. The molecule has 144 valence electrons. The maximum absolute atomic E-state index is 12.1. The van der Waals surface area contributed by atoms with Gasteiger partial charge in [0.2, 0.25) is 5.91 Å². The number of aryl methyl sites for hydroxylation is 1. The number of amides is 1. The van der Waals surface area contributed by atoms with Crippen molar-refractivity contribution in [1.29, 1.82) is 0 Å². The minimum Gasteiger partial charge on any atom is -0.481 e. The standard InChI is InChI=1S/C19H18F3NO4/c1-12-2-4-13(5-3-12)10-14(18(25)26)11-17(24)23-15-6-8-16(9-7-15)27-19(20,21)22/h2-9,14H,10-11H2,1H3,(H,23,24)(H,25,26)/t14-/m1/s1. The summed E-state index contributed by atoms with van der Waals surface area (Å²) in [6.45, 7) is 1.91. The second-order valence-corrected chi connectivity index (χ2v) is 6.05. The molecule has 0 heterocycles. The van der Waals surface area contributed by atoms with Crippen molar-refractivity contribution in [2.24, 2.45) is 5.92 Å². The van der Waals surface area contributed by atoms with Gasteiger partial charge in [-0.05, 0) is 43.2 Å². The summed E-state index contributed by atoms with van der Waals surface area (Å²) in [5.74, 6) is -2.97. The van der Waals surface area contributed by atoms with Gasteiger partial charge in [0.15, 0.2) is 0 Å². The predicted molar refractivity (Wildman–Crippen MR) is 92.4 cm³/mol. The van der Waals surface area contributed by atoms with Crippen LogP contribution in [-0.2, 0) is 16.0 Å². The number of carbonyl (C=O) groups is 2. The van der Waals surface area contributed by atoms with Gasteiger partial charge in [0.25, 0.3) is 0 Å². The Hall–Kier alpha value is -3.03. The summed E-state index contributed by atoms with van der Waals surface area (Å²) in [5.41, 5.74) is 2.09. The van der Waals surface area contributed by atoms with Crippen LogP contribution >= 0.6 is 0 Å². The zero-order valence-electron chi connectivity index (χ0n) is 14.4. The maximum Gasteiger partial charge on any atom is 0.573 e. The number of hydrogen-bond acceptors (Lipinski definition) is 3. The highest BCUT2D eigenvalue weighted by molar-refractivity contribution is 5.93. The van der Waals surface area contributed by atoms with Gasteiger partial charge in [-0.1, -0.05) is 29.8 Å². The van der Waals surface area contributed by atoms with Crippen LogP contribution < -0.4 is 10.1 Å². The van der Waals surface area contributed by atoms with E-state index < -0.39 is 29.9 Å². The SMILES string of the molecule is Cc1ccc(C[C@H](CC(=O)Nc2ccc(OC(F)(F)F)cc2)C(=O)O)cc1. The summed E-state index contributed by atoms with van der Waals surface area (Å²) in [7, 11) is 0.